The van der Waals surface area contributed by atoms with E-state index in [0.29, 0.717) is 0 Å². The van der Waals surface area contributed by atoms with E-state index in [0.717, 1.165) is 17.7 Å². The summed E-state index contributed by atoms with van der Waals surface area (Å²) in [4.78, 5) is 16.8. The minimum absolute atomic E-state index is 0.113. The van der Waals surface area contributed by atoms with Gasteiger partial charge < -0.3 is 10.4 Å². The predicted molar refractivity (Wildman–Crippen MR) is 95.2 cm³/mol. The maximum atomic E-state index is 14.4. The average molecular weight is 382 g/mol. The van der Waals surface area contributed by atoms with Crippen molar-refractivity contribution in [3.05, 3.63) is 58.9 Å². The molecule has 0 aliphatic rings. The lowest BCUT2D eigenvalue weighted by Crippen LogP contribution is -2.26. The third-order valence-corrected chi connectivity index (χ3v) is 3.79. The van der Waals surface area contributed by atoms with Gasteiger partial charge in [-0.2, -0.15) is 0 Å². The molecule has 0 spiro atoms. The van der Waals surface area contributed by atoms with Gasteiger partial charge in [-0.3, -0.25) is 9.63 Å². The van der Waals surface area contributed by atoms with E-state index in [1.165, 1.54) is 12.1 Å². The SMILES string of the molecule is CC(C)(C)c1ccc(Nc2c(C(=O)NOCCO)ccc(F)c2F)c(F)c1. The van der Waals surface area contributed by atoms with Crippen LogP contribution in [0, 0.1) is 17.5 Å². The third-order valence-electron chi connectivity index (χ3n) is 3.79. The maximum absolute atomic E-state index is 14.4. The van der Waals surface area contributed by atoms with Crippen LogP contribution in [0.3, 0.4) is 0 Å². The second-order valence-corrected chi connectivity index (χ2v) is 6.86. The first-order valence-electron chi connectivity index (χ1n) is 8.23. The number of hydrogen-bond donors (Lipinski definition) is 3. The maximum Gasteiger partial charge on any atom is 0.277 e. The Labute approximate surface area is 155 Å². The zero-order chi connectivity index (χ0) is 20.2. The molecular weight excluding hydrogens is 361 g/mol. The molecule has 0 saturated carbocycles. The first kappa shape index (κ1) is 20.7. The van der Waals surface area contributed by atoms with Crippen LogP contribution in [-0.4, -0.2) is 24.2 Å². The number of halogens is 3. The number of anilines is 2. The Bertz CT molecular complexity index is 836. The predicted octanol–water partition coefficient (Wildman–Crippen LogP) is 3.80. The molecule has 0 atom stereocenters. The minimum Gasteiger partial charge on any atom is -0.394 e. The molecule has 2 rings (SSSR count). The summed E-state index contributed by atoms with van der Waals surface area (Å²) >= 11 is 0. The molecule has 1 amide bonds. The Morgan fingerprint density at radius 2 is 1.81 bits per heavy atom. The van der Waals surface area contributed by atoms with Crippen LogP contribution in [-0.2, 0) is 10.3 Å². The van der Waals surface area contributed by atoms with Crippen LogP contribution in [0.25, 0.3) is 0 Å². The molecule has 0 heterocycles. The Morgan fingerprint density at radius 3 is 2.41 bits per heavy atom. The Balaban J connectivity index is 2.38. The van der Waals surface area contributed by atoms with Crippen molar-refractivity contribution in [2.45, 2.75) is 26.2 Å². The fraction of sp³-hybridized carbons (Fsp3) is 0.316. The molecule has 2 aromatic rings. The van der Waals surface area contributed by atoms with Crippen molar-refractivity contribution >= 4 is 17.3 Å². The highest BCUT2D eigenvalue weighted by atomic mass is 19.2. The van der Waals surface area contributed by atoms with Gasteiger partial charge in [0.25, 0.3) is 5.91 Å². The largest absolute Gasteiger partial charge is 0.394 e. The molecule has 146 valence electrons. The van der Waals surface area contributed by atoms with E-state index >= 15 is 0 Å². The number of nitrogens with one attached hydrogen (secondary N) is 2. The molecule has 2 aromatic carbocycles. The fourth-order valence-corrected chi connectivity index (χ4v) is 2.30. The number of rotatable bonds is 6. The molecule has 0 bridgehead atoms. The van der Waals surface area contributed by atoms with Gasteiger partial charge in [-0.25, -0.2) is 18.7 Å². The molecule has 5 nitrogen and oxygen atoms in total. The van der Waals surface area contributed by atoms with Crippen molar-refractivity contribution in [2.75, 3.05) is 18.5 Å². The molecular formula is C19H21F3N2O3. The lowest BCUT2D eigenvalue weighted by molar-refractivity contribution is 0.0168. The second kappa shape index (κ2) is 8.41. The number of carbonyl (C=O) groups is 1. The van der Waals surface area contributed by atoms with Crippen LogP contribution in [0.4, 0.5) is 24.5 Å². The highest BCUT2D eigenvalue weighted by Gasteiger charge is 2.21. The molecule has 3 N–H and O–H groups in total. The van der Waals surface area contributed by atoms with Gasteiger partial charge in [-0.05, 0) is 35.2 Å². The molecule has 0 fully saturated rings. The highest BCUT2D eigenvalue weighted by Crippen LogP contribution is 2.30. The van der Waals surface area contributed by atoms with Crippen LogP contribution < -0.4 is 10.8 Å². The fourth-order valence-electron chi connectivity index (χ4n) is 2.30. The summed E-state index contributed by atoms with van der Waals surface area (Å²) in [6.45, 7) is 5.22. The number of hydroxylamine groups is 1. The quantitative estimate of drug-likeness (QED) is 0.525. The van der Waals surface area contributed by atoms with Gasteiger partial charge in [0.1, 0.15) is 5.82 Å². The van der Waals surface area contributed by atoms with Gasteiger partial charge in [0.05, 0.1) is 30.2 Å². The van der Waals surface area contributed by atoms with E-state index in [4.69, 9.17) is 5.11 Å². The van der Waals surface area contributed by atoms with Gasteiger partial charge in [0, 0.05) is 0 Å². The Kier molecular flexibility index (Phi) is 6.45. The monoisotopic (exact) mass is 382 g/mol. The van der Waals surface area contributed by atoms with Crippen LogP contribution in [0.2, 0.25) is 0 Å². The standard InChI is InChI=1S/C19H21F3N2O3/c1-19(2,3)11-4-7-15(14(21)10-11)23-17-12(5-6-13(20)16(17)22)18(26)24-27-9-8-25/h4-7,10,23,25H,8-9H2,1-3H3,(H,24,26). The summed E-state index contributed by atoms with van der Waals surface area (Å²) < 4.78 is 42.4. The topological polar surface area (TPSA) is 70.6 Å². The van der Waals surface area contributed by atoms with Crippen molar-refractivity contribution in [3.8, 4) is 0 Å². The van der Waals surface area contributed by atoms with E-state index in [9.17, 15) is 18.0 Å². The Hall–Kier alpha value is -2.58. The number of carbonyl (C=O) groups excluding carboxylic acids is 1. The van der Waals surface area contributed by atoms with E-state index in [1.54, 1.807) is 6.07 Å². The normalized spacial score (nSPS) is 11.4. The van der Waals surface area contributed by atoms with Crippen molar-refractivity contribution in [3.63, 3.8) is 0 Å². The molecule has 27 heavy (non-hydrogen) atoms. The number of benzene rings is 2. The van der Waals surface area contributed by atoms with Crippen molar-refractivity contribution < 1.29 is 27.9 Å². The second-order valence-electron chi connectivity index (χ2n) is 6.86. The van der Waals surface area contributed by atoms with E-state index in [-0.39, 0.29) is 29.9 Å². The lowest BCUT2D eigenvalue weighted by Gasteiger charge is -2.20. The summed E-state index contributed by atoms with van der Waals surface area (Å²) in [5.41, 5.74) is 1.50. The summed E-state index contributed by atoms with van der Waals surface area (Å²) in [5, 5.41) is 11.1. The molecule has 0 unspecified atom stereocenters. The molecule has 0 aliphatic carbocycles. The highest BCUT2D eigenvalue weighted by molar-refractivity contribution is 6.00. The van der Waals surface area contributed by atoms with Crippen LogP contribution in [0.15, 0.2) is 30.3 Å². The summed E-state index contributed by atoms with van der Waals surface area (Å²) in [5.74, 6) is -4.08. The zero-order valence-corrected chi connectivity index (χ0v) is 15.2. The number of aliphatic hydroxyl groups is 1. The molecule has 0 aliphatic heterocycles. The van der Waals surface area contributed by atoms with E-state index in [2.05, 4.69) is 10.2 Å². The lowest BCUT2D eigenvalue weighted by atomic mass is 9.87. The Morgan fingerprint density at radius 1 is 1.11 bits per heavy atom. The number of aliphatic hydroxyl groups excluding tert-OH is 1. The molecule has 0 aromatic heterocycles. The van der Waals surface area contributed by atoms with Crippen molar-refractivity contribution in [1.29, 1.82) is 0 Å². The first-order chi connectivity index (χ1) is 12.6. The van der Waals surface area contributed by atoms with Crippen LogP contribution >= 0.6 is 0 Å². The van der Waals surface area contributed by atoms with E-state index < -0.39 is 29.0 Å². The van der Waals surface area contributed by atoms with Gasteiger partial charge in [-0.15, -0.1) is 0 Å². The summed E-state index contributed by atoms with van der Waals surface area (Å²) in [6, 6.07) is 6.17. The number of hydrogen-bond acceptors (Lipinski definition) is 4. The minimum atomic E-state index is -1.33. The van der Waals surface area contributed by atoms with Gasteiger partial charge >= 0.3 is 0 Å². The average Bonchev–Trinajstić information content (AvgIpc) is 2.59. The summed E-state index contributed by atoms with van der Waals surface area (Å²) in [6.07, 6.45) is 0. The zero-order valence-electron chi connectivity index (χ0n) is 15.2. The van der Waals surface area contributed by atoms with Crippen molar-refractivity contribution in [1.82, 2.24) is 5.48 Å². The molecule has 0 radical (unpaired) electrons. The van der Waals surface area contributed by atoms with Crippen LogP contribution in [0.5, 0.6) is 0 Å². The van der Waals surface area contributed by atoms with E-state index in [1.807, 2.05) is 26.3 Å². The van der Waals surface area contributed by atoms with Crippen LogP contribution in [0.1, 0.15) is 36.7 Å². The first-order valence-corrected chi connectivity index (χ1v) is 8.23. The summed E-state index contributed by atoms with van der Waals surface area (Å²) in [7, 11) is 0. The smallest absolute Gasteiger partial charge is 0.277 e. The third kappa shape index (κ3) is 4.99. The molecule has 8 heteroatoms. The number of amides is 1. The van der Waals surface area contributed by atoms with Crippen molar-refractivity contribution in [2.24, 2.45) is 0 Å². The van der Waals surface area contributed by atoms with Gasteiger partial charge in [0.15, 0.2) is 11.6 Å². The van der Waals surface area contributed by atoms with Gasteiger partial charge in [-0.1, -0.05) is 26.8 Å². The molecule has 0 saturated heterocycles. The van der Waals surface area contributed by atoms with Gasteiger partial charge in [0.2, 0.25) is 0 Å².